The van der Waals surface area contributed by atoms with Crippen LogP contribution in [0.4, 0.5) is 0 Å². The second-order valence-corrected chi connectivity index (χ2v) is 7.32. The van der Waals surface area contributed by atoms with Crippen molar-refractivity contribution in [3.63, 3.8) is 0 Å². The van der Waals surface area contributed by atoms with Gasteiger partial charge in [-0.05, 0) is 30.0 Å². The number of aromatic nitrogens is 1. The van der Waals surface area contributed by atoms with E-state index in [4.69, 9.17) is 5.21 Å². The molecule has 0 atom stereocenters. The molecule has 1 amide bonds. The highest BCUT2D eigenvalue weighted by Gasteiger charge is 2.17. The minimum Gasteiger partial charge on any atom is -0.307 e. The molecule has 0 saturated heterocycles. The summed E-state index contributed by atoms with van der Waals surface area (Å²) in [5, 5.41) is 18.3. The van der Waals surface area contributed by atoms with Crippen molar-refractivity contribution in [2.24, 2.45) is 0 Å². The minimum absolute atomic E-state index is 0.144. The molecule has 0 aliphatic heterocycles. The number of nitrogens with one attached hydrogen (secondary N) is 1. The van der Waals surface area contributed by atoms with Crippen LogP contribution in [0.2, 0.25) is 0 Å². The lowest BCUT2D eigenvalue weighted by molar-refractivity contribution is -0.129. The van der Waals surface area contributed by atoms with E-state index in [1.165, 1.54) is 0 Å². The van der Waals surface area contributed by atoms with Crippen LogP contribution in [0.1, 0.15) is 37.7 Å². The largest absolute Gasteiger partial charge is 0.307 e. The Bertz CT molecular complexity index is 1120. The number of amides is 1. The van der Waals surface area contributed by atoms with E-state index in [0.717, 1.165) is 36.1 Å². The third-order valence-corrected chi connectivity index (χ3v) is 5.23. The summed E-state index contributed by atoms with van der Waals surface area (Å²) in [6.45, 7) is 0.485. The van der Waals surface area contributed by atoms with Crippen LogP contribution in [0.3, 0.4) is 0 Å². The molecule has 2 aromatic carbocycles. The Balaban J connectivity index is 1.92. The molecule has 31 heavy (non-hydrogen) atoms. The predicted octanol–water partition coefficient (Wildman–Crippen LogP) is 4.51. The van der Waals surface area contributed by atoms with Crippen LogP contribution in [0.25, 0.3) is 22.4 Å². The summed E-state index contributed by atoms with van der Waals surface area (Å²) in [7, 11) is 0. The topological polar surface area (TPSA) is 95.1 Å². The van der Waals surface area contributed by atoms with Crippen molar-refractivity contribution in [2.45, 2.75) is 38.6 Å². The van der Waals surface area contributed by atoms with Crippen molar-refractivity contribution >= 4 is 5.91 Å². The maximum Gasteiger partial charge on any atom is 0.269 e. The Labute approximate surface area is 181 Å². The van der Waals surface area contributed by atoms with Crippen LogP contribution >= 0.6 is 0 Å². The Morgan fingerprint density at radius 3 is 2.16 bits per heavy atom. The summed E-state index contributed by atoms with van der Waals surface area (Å²) in [5.74, 6) is -0.391. The summed E-state index contributed by atoms with van der Waals surface area (Å²) < 4.78 is 1.68. The Kier molecular flexibility index (Phi) is 7.74. The van der Waals surface area contributed by atoms with Gasteiger partial charge in [-0.2, -0.15) is 5.26 Å². The molecule has 6 nitrogen and oxygen atoms in total. The highest BCUT2D eigenvalue weighted by Crippen LogP contribution is 2.27. The lowest BCUT2D eigenvalue weighted by Gasteiger charge is -2.16. The average molecular weight is 415 g/mol. The Morgan fingerprint density at radius 1 is 0.935 bits per heavy atom. The van der Waals surface area contributed by atoms with Crippen LogP contribution in [-0.2, 0) is 11.3 Å². The summed E-state index contributed by atoms with van der Waals surface area (Å²) in [4.78, 5) is 24.4. The van der Waals surface area contributed by atoms with E-state index in [2.05, 4.69) is 6.07 Å². The fourth-order valence-corrected chi connectivity index (χ4v) is 3.63. The first-order chi connectivity index (χ1) is 15.2. The normalized spacial score (nSPS) is 10.5. The number of carbonyl (C=O) groups is 1. The molecule has 0 fully saturated rings. The second-order valence-electron chi connectivity index (χ2n) is 7.32. The van der Waals surface area contributed by atoms with Crippen LogP contribution in [0.5, 0.6) is 0 Å². The van der Waals surface area contributed by atoms with E-state index in [9.17, 15) is 14.9 Å². The monoisotopic (exact) mass is 415 g/mol. The van der Waals surface area contributed by atoms with Gasteiger partial charge in [0.2, 0.25) is 5.91 Å². The van der Waals surface area contributed by atoms with E-state index in [-0.39, 0.29) is 17.5 Å². The van der Waals surface area contributed by atoms with Crippen molar-refractivity contribution in [1.82, 2.24) is 10.0 Å². The summed E-state index contributed by atoms with van der Waals surface area (Å²) in [6.07, 6.45) is 3.34. The van der Waals surface area contributed by atoms with Crippen molar-refractivity contribution < 1.29 is 10.0 Å². The fourth-order valence-electron chi connectivity index (χ4n) is 3.63. The number of carbonyl (C=O) groups excluding carboxylic acids is 1. The SMILES string of the molecule is N#Cc1c(-c2ccccc2)cc(-c2ccccc2)n(CCCCCCC(=O)NO)c1=O. The summed E-state index contributed by atoms with van der Waals surface area (Å²) in [6, 6.07) is 23.2. The number of benzene rings is 2. The molecule has 0 bridgehead atoms. The zero-order valence-electron chi connectivity index (χ0n) is 17.3. The first kappa shape index (κ1) is 22.0. The summed E-state index contributed by atoms with van der Waals surface area (Å²) in [5.41, 5.74) is 4.66. The number of pyridine rings is 1. The second kappa shape index (κ2) is 10.9. The van der Waals surface area contributed by atoms with E-state index >= 15 is 0 Å². The molecule has 0 aliphatic rings. The lowest BCUT2D eigenvalue weighted by Crippen LogP contribution is -2.25. The van der Waals surface area contributed by atoms with Gasteiger partial charge in [0, 0.05) is 18.5 Å². The van der Waals surface area contributed by atoms with Gasteiger partial charge in [-0.3, -0.25) is 14.8 Å². The molecule has 1 aromatic heterocycles. The first-order valence-corrected chi connectivity index (χ1v) is 10.4. The smallest absolute Gasteiger partial charge is 0.269 e. The molecule has 0 saturated carbocycles. The highest BCUT2D eigenvalue weighted by molar-refractivity contribution is 5.75. The molecule has 3 rings (SSSR count). The van der Waals surface area contributed by atoms with E-state index < -0.39 is 5.91 Å². The molecule has 0 unspecified atom stereocenters. The Morgan fingerprint density at radius 2 is 1.55 bits per heavy atom. The van der Waals surface area contributed by atoms with Gasteiger partial charge in [0.05, 0.1) is 5.69 Å². The maximum atomic E-state index is 13.3. The quantitative estimate of drug-likeness (QED) is 0.305. The number of rotatable bonds is 9. The molecule has 1 heterocycles. The van der Waals surface area contributed by atoms with Crippen molar-refractivity contribution in [1.29, 1.82) is 5.26 Å². The van der Waals surface area contributed by atoms with Crippen molar-refractivity contribution in [3.05, 3.63) is 82.6 Å². The van der Waals surface area contributed by atoms with Gasteiger partial charge in [0.1, 0.15) is 11.6 Å². The van der Waals surface area contributed by atoms with Crippen molar-refractivity contribution in [2.75, 3.05) is 0 Å². The molecular weight excluding hydrogens is 390 g/mol. The van der Waals surface area contributed by atoms with Gasteiger partial charge < -0.3 is 4.57 Å². The Hall–Kier alpha value is -3.69. The van der Waals surface area contributed by atoms with E-state index in [1.54, 1.807) is 10.0 Å². The summed E-state index contributed by atoms with van der Waals surface area (Å²) >= 11 is 0. The number of hydrogen-bond acceptors (Lipinski definition) is 4. The molecule has 158 valence electrons. The lowest BCUT2D eigenvalue weighted by atomic mass is 9.98. The number of nitriles is 1. The average Bonchev–Trinajstić information content (AvgIpc) is 2.82. The third-order valence-electron chi connectivity index (χ3n) is 5.23. The number of unbranched alkanes of at least 4 members (excludes halogenated alkanes) is 3. The zero-order valence-corrected chi connectivity index (χ0v) is 17.3. The molecule has 0 spiro atoms. The predicted molar refractivity (Wildman–Crippen MR) is 119 cm³/mol. The molecule has 2 N–H and O–H groups in total. The van der Waals surface area contributed by atoms with E-state index in [1.807, 2.05) is 66.7 Å². The van der Waals surface area contributed by atoms with Gasteiger partial charge in [0.25, 0.3) is 5.56 Å². The molecule has 3 aromatic rings. The number of hydrogen-bond donors (Lipinski definition) is 2. The van der Waals surface area contributed by atoms with Crippen LogP contribution < -0.4 is 11.0 Å². The molecule has 0 radical (unpaired) electrons. The van der Waals surface area contributed by atoms with Gasteiger partial charge in [-0.1, -0.05) is 73.5 Å². The minimum atomic E-state index is -0.391. The first-order valence-electron chi connectivity index (χ1n) is 10.4. The molecule has 0 aliphatic carbocycles. The molecule has 6 heteroatoms. The van der Waals surface area contributed by atoms with Gasteiger partial charge >= 0.3 is 0 Å². The fraction of sp³-hybridized carbons (Fsp3) is 0.240. The van der Waals surface area contributed by atoms with Gasteiger partial charge in [0.15, 0.2) is 0 Å². The van der Waals surface area contributed by atoms with Gasteiger partial charge in [-0.15, -0.1) is 0 Å². The zero-order chi connectivity index (χ0) is 22.1. The molecular formula is C25H25N3O3. The standard InChI is InChI=1S/C25H25N3O3/c26-18-22-21(19-11-5-3-6-12-19)17-23(20-13-7-4-8-14-20)28(25(22)30)16-10-2-1-9-15-24(29)27-31/h3-8,11-14,17,31H,1-2,9-10,15-16H2,(H,27,29). The van der Waals surface area contributed by atoms with Crippen LogP contribution in [0.15, 0.2) is 71.5 Å². The van der Waals surface area contributed by atoms with Gasteiger partial charge in [-0.25, -0.2) is 5.48 Å². The maximum absolute atomic E-state index is 13.3. The van der Waals surface area contributed by atoms with Crippen LogP contribution in [0, 0.1) is 11.3 Å². The van der Waals surface area contributed by atoms with E-state index in [0.29, 0.717) is 18.5 Å². The van der Waals surface area contributed by atoms with Crippen molar-refractivity contribution in [3.8, 4) is 28.5 Å². The highest BCUT2D eigenvalue weighted by atomic mass is 16.5. The number of nitrogens with zero attached hydrogens (tertiary/aromatic N) is 2. The van der Waals surface area contributed by atoms with Crippen LogP contribution in [-0.4, -0.2) is 15.7 Å². The number of hydroxylamine groups is 1. The third kappa shape index (κ3) is 5.47.